The normalized spacial score (nSPS) is 14.4. The van der Waals surface area contributed by atoms with Crippen molar-refractivity contribution < 1.29 is 13.7 Å². The summed E-state index contributed by atoms with van der Waals surface area (Å²) in [7, 11) is 0. The Kier molecular flexibility index (Phi) is 6.10. The van der Waals surface area contributed by atoms with Crippen LogP contribution in [0, 0.1) is 0 Å². The molecule has 0 bridgehead atoms. The first-order valence-electron chi connectivity index (χ1n) is 28.8. The van der Waals surface area contributed by atoms with Gasteiger partial charge in [0.2, 0.25) is 0 Å². The fraction of sp³-hybridized carbons (Fsp3) is 0. The van der Waals surface area contributed by atoms with Crippen molar-refractivity contribution >= 4 is 173 Å². The summed E-state index contributed by atoms with van der Waals surface area (Å²) in [5, 5.41) is 12.5. The summed E-state index contributed by atoms with van der Waals surface area (Å²) < 4.78 is 98.7. The van der Waals surface area contributed by atoms with Gasteiger partial charge in [0.15, 0.2) is 0 Å². The largest absolute Gasteiger partial charge is 0.309 e. The van der Waals surface area contributed by atoms with Gasteiger partial charge >= 0.3 is 0 Å². The summed E-state index contributed by atoms with van der Waals surface area (Å²) in [5.41, 5.74) is 8.62. The monoisotopic (exact) mass is 960 g/mol. The first-order chi connectivity index (χ1) is 39.9. The van der Waals surface area contributed by atoms with Crippen molar-refractivity contribution in [2.24, 2.45) is 0 Å². The lowest BCUT2D eigenvalue weighted by atomic mass is 10.0. The highest BCUT2D eigenvalue weighted by Gasteiger charge is 2.26. The molecule has 72 heavy (non-hydrogen) atoms. The topological polar surface area (TPSA) is 15.3 Å². The summed E-state index contributed by atoms with van der Waals surface area (Å²) in [5.74, 6) is 0. The van der Waals surface area contributed by atoms with E-state index in [1.165, 1.54) is 0 Å². The summed E-state index contributed by atoms with van der Waals surface area (Å²) in [6.45, 7) is 0. The van der Waals surface area contributed by atoms with Crippen LogP contribution in [-0.2, 0) is 0 Å². The highest BCUT2D eigenvalue weighted by atomic mass is 32.1. The minimum Gasteiger partial charge on any atom is -0.309 e. The highest BCUT2D eigenvalue weighted by Crippen LogP contribution is 2.50. The van der Waals surface area contributed by atoms with E-state index in [9.17, 15) is 5.48 Å². The second kappa shape index (κ2) is 14.3. The summed E-state index contributed by atoms with van der Waals surface area (Å²) >= 11 is 3.23. The van der Waals surface area contributed by atoms with Gasteiger partial charge in [-0.05, 0) is 84.8 Å². The number of nitrogens with zero attached hydrogens (tertiary/aromatic N) is 4. The van der Waals surface area contributed by atoms with Gasteiger partial charge in [0.1, 0.15) is 0 Å². The van der Waals surface area contributed by atoms with Crippen LogP contribution >= 0.6 is 22.7 Å². The van der Waals surface area contributed by atoms with Crippen LogP contribution in [0.2, 0.25) is 0 Å². The molecule has 0 aliphatic rings. The minimum absolute atomic E-state index is 0.0608. The van der Waals surface area contributed by atoms with Crippen molar-refractivity contribution in [2.45, 2.75) is 0 Å². The predicted molar refractivity (Wildman–Crippen MR) is 311 cm³/mol. The molecule has 0 atom stereocenters. The molecular formula is C66H38N4S2. The molecule has 17 aromatic rings. The Labute approximate surface area is 434 Å². The zero-order valence-electron chi connectivity index (χ0n) is 47.8. The fourth-order valence-electron chi connectivity index (χ4n) is 12.0. The fourth-order valence-corrected chi connectivity index (χ4v) is 14.4. The Hall–Kier alpha value is -8.94. The van der Waals surface area contributed by atoms with E-state index < -0.39 is 36.3 Å². The SMILES string of the molecule is [2H]c1c([2H])c([2H])c(N(c2ccc3c4cccc5c6cc7c(cc6n(c3c2)c45)c2cccc3c4ccc(N(c5c([2H])c([2H])c([2H])c([2H])c5[2H])c5cccc6c5sc5ccccc56)cc4n7c32)c2cccc3c2sc2ccccc23)c([2H])c1[2H]. The van der Waals surface area contributed by atoms with Crippen LogP contribution in [0.4, 0.5) is 34.1 Å². The van der Waals surface area contributed by atoms with Gasteiger partial charge in [0.25, 0.3) is 0 Å². The zero-order chi connectivity index (χ0) is 55.5. The van der Waals surface area contributed by atoms with Crippen LogP contribution in [0.15, 0.2) is 230 Å². The number of aromatic nitrogens is 2. The van der Waals surface area contributed by atoms with Crippen LogP contribution in [0.25, 0.3) is 117 Å². The van der Waals surface area contributed by atoms with E-state index in [1.807, 2.05) is 70.5 Å². The third-order valence-electron chi connectivity index (χ3n) is 14.9. The Bertz CT molecular complexity index is 5300. The number of rotatable bonds is 6. The molecule has 0 unspecified atom stereocenters. The predicted octanol–water partition coefficient (Wildman–Crippen LogP) is 19.7. The first kappa shape index (κ1) is 30.6. The average molecular weight is 961 g/mol. The molecule has 0 saturated heterocycles. The first-order valence-corrected chi connectivity index (χ1v) is 25.4. The second-order valence-corrected chi connectivity index (χ2v) is 20.6. The van der Waals surface area contributed by atoms with Gasteiger partial charge < -0.3 is 18.6 Å². The summed E-state index contributed by atoms with van der Waals surface area (Å²) in [6.07, 6.45) is 0. The molecule has 17 rings (SSSR count). The molecule has 0 radical (unpaired) electrons. The standard InChI is InChI=1S/C66H38N4S2/c1-3-15-39(16-4-1)67(55-27-13-25-51-45-19-7-9-29-61(45)71-65(51)55)41-31-33-43-47-21-11-23-49-53-38-60-54(37-59(53)69(63(47)49)57(43)35-41)50-24-12-22-48-44-34-32-42(36-58(44)70(60)64(48)50)68(40-17-5-2-6-18-40)56-28-14-26-52-46-20-8-10-30-62(46)72-66(52)56/h1-38H/i1D,2D,3D,4D,5D,6D,15D,16D,17D,18D. The average Bonchev–Trinajstić information content (AvgIpc) is 2.26. The lowest BCUT2D eigenvalue weighted by Crippen LogP contribution is -2.10. The molecule has 0 aliphatic carbocycles. The van der Waals surface area contributed by atoms with Crippen molar-refractivity contribution in [1.82, 2.24) is 8.80 Å². The van der Waals surface area contributed by atoms with Crippen LogP contribution in [0.1, 0.15) is 13.7 Å². The molecule has 0 saturated carbocycles. The molecule has 0 aliphatic heterocycles. The number of fused-ring (bicyclic) bond motifs is 18. The Morgan fingerprint density at radius 2 is 0.681 bits per heavy atom. The number of benzene rings is 11. The lowest BCUT2D eigenvalue weighted by Gasteiger charge is -2.26. The maximum atomic E-state index is 9.37. The molecule has 0 fully saturated rings. The van der Waals surface area contributed by atoms with Gasteiger partial charge in [-0.3, -0.25) is 0 Å². The Morgan fingerprint density at radius 1 is 0.306 bits per heavy atom. The third-order valence-corrected chi connectivity index (χ3v) is 17.3. The van der Waals surface area contributed by atoms with Crippen LogP contribution in [-0.4, -0.2) is 8.80 Å². The molecule has 6 heterocycles. The smallest absolute Gasteiger partial charge is 0.0645 e. The number of thiophene rings is 2. The second-order valence-electron chi connectivity index (χ2n) is 18.5. The highest BCUT2D eigenvalue weighted by molar-refractivity contribution is 7.26. The molecule has 11 aromatic carbocycles. The van der Waals surface area contributed by atoms with E-state index in [0.29, 0.717) is 22.7 Å². The minimum atomic E-state index is -0.455. The third kappa shape index (κ3) is 5.14. The van der Waals surface area contributed by atoms with Crippen molar-refractivity contribution in [2.75, 3.05) is 9.80 Å². The summed E-state index contributed by atoms with van der Waals surface area (Å²) in [4.78, 5) is 3.69. The van der Waals surface area contributed by atoms with Crippen molar-refractivity contribution in [3.63, 3.8) is 0 Å². The molecule has 0 spiro atoms. The quantitative estimate of drug-likeness (QED) is 0.165. The molecule has 4 nitrogen and oxygen atoms in total. The van der Waals surface area contributed by atoms with Gasteiger partial charge in [0.05, 0.1) is 67.6 Å². The lowest BCUT2D eigenvalue weighted by molar-refractivity contribution is 1.29. The summed E-state index contributed by atoms with van der Waals surface area (Å²) in [6, 6.07) is 54.3. The molecule has 0 amide bonds. The van der Waals surface area contributed by atoms with E-state index >= 15 is 0 Å². The Morgan fingerprint density at radius 3 is 1.14 bits per heavy atom. The molecule has 0 N–H and O–H groups in total. The number of hydrogen-bond acceptors (Lipinski definition) is 4. The molecule has 334 valence electrons. The van der Waals surface area contributed by atoms with Crippen LogP contribution in [0.3, 0.4) is 0 Å². The van der Waals surface area contributed by atoms with E-state index in [0.717, 1.165) is 117 Å². The van der Waals surface area contributed by atoms with Crippen molar-refractivity contribution in [1.29, 1.82) is 0 Å². The van der Waals surface area contributed by atoms with Crippen LogP contribution < -0.4 is 9.80 Å². The maximum absolute atomic E-state index is 9.37. The molecule has 6 heteroatoms. The van der Waals surface area contributed by atoms with Gasteiger partial charge in [-0.25, -0.2) is 0 Å². The number of para-hydroxylation sites is 4. The van der Waals surface area contributed by atoms with Gasteiger partial charge in [-0.1, -0.05) is 145 Å². The van der Waals surface area contributed by atoms with Crippen LogP contribution in [0.5, 0.6) is 0 Å². The van der Waals surface area contributed by atoms with Crippen molar-refractivity contribution in [3.05, 3.63) is 230 Å². The van der Waals surface area contributed by atoms with E-state index in [-0.39, 0.29) is 35.5 Å². The van der Waals surface area contributed by atoms with Crippen molar-refractivity contribution in [3.8, 4) is 0 Å². The number of anilines is 6. The molecular weight excluding hydrogens is 913 g/mol. The van der Waals surface area contributed by atoms with E-state index in [4.69, 9.17) is 8.22 Å². The number of hydrogen-bond donors (Lipinski definition) is 0. The molecule has 6 aromatic heterocycles. The zero-order valence-corrected chi connectivity index (χ0v) is 39.4. The van der Waals surface area contributed by atoms with E-state index in [1.54, 1.807) is 22.7 Å². The Balaban J connectivity index is 0.926. The van der Waals surface area contributed by atoms with Gasteiger partial charge in [-0.15, -0.1) is 22.7 Å². The van der Waals surface area contributed by atoms with Gasteiger partial charge in [0, 0.05) is 96.8 Å². The maximum Gasteiger partial charge on any atom is 0.0645 e. The van der Waals surface area contributed by atoms with E-state index in [2.05, 4.69) is 118 Å². The van der Waals surface area contributed by atoms with Gasteiger partial charge in [-0.2, -0.15) is 0 Å².